The average molecular weight is 296 g/mol. The largest absolute Gasteiger partial charge is 0.381 e. The Hall–Kier alpha value is -0.650. The molecule has 0 spiro atoms. The quantitative estimate of drug-likeness (QED) is 0.817. The van der Waals surface area contributed by atoms with E-state index in [-0.39, 0.29) is 18.6 Å². The summed E-state index contributed by atoms with van der Waals surface area (Å²) in [7, 11) is 0. The van der Waals surface area contributed by atoms with Gasteiger partial charge in [-0.15, -0.1) is 0 Å². The van der Waals surface area contributed by atoms with E-state index >= 15 is 0 Å². The van der Waals surface area contributed by atoms with Crippen molar-refractivity contribution in [1.82, 2.24) is 5.32 Å². The Balaban J connectivity index is 1.45. The smallest absolute Gasteiger partial charge is 0.246 e. The van der Waals surface area contributed by atoms with Crippen LogP contribution in [0, 0.1) is 11.8 Å². The van der Waals surface area contributed by atoms with Crippen LogP contribution < -0.4 is 11.1 Å². The Kier molecular flexibility index (Phi) is 5.14. The van der Waals surface area contributed by atoms with Gasteiger partial charge in [-0.05, 0) is 50.4 Å². The summed E-state index contributed by atoms with van der Waals surface area (Å²) in [4.78, 5) is 12.2. The minimum atomic E-state index is 0.0406. The first-order chi connectivity index (χ1) is 10.2. The van der Waals surface area contributed by atoms with Gasteiger partial charge in [-0.2, -0.15) is 0 Å². The topological polar surface area (TPSA) is 73.6 Å². The highest BCUT2D eigenvalue weighted by atomic mass is 16.5. The van der Waals surface area contributed by atoms with E-state index in [9.17, 15) is 4.79 Å². The van der Waals surface area contributed by atoms with Crippen molar-refractivity contribution in [3.63, 3.8) is 0 Å². The number of nitrogens with one attached hydrogen (secondary N) is 1. The summed E-state index contributed by atoms with van der Waals surface area (Å²) >= 11 is 0. The van der Waals surface area contributed by atoms with Gasteiger partial charge < -0.3 is 20.5 Å². The highest BCUT2D eigenvalue weighted by Gasteiger charge is 2.39. The summed E-state index contributed by atoms with van der Waals surface area (Å²) in [5.41, 5.74) is 6.12. The number of hydrogen-bond donors (Lipinski definition) is 2. The van der Waals surface area contributed by atoms with Gasteiger partial charge in [0, 0.05) is 25.3 Å². The van der Waals surface area contributed by atoms with Crippen LogP contribution in [0.1, 0.15) is 44.9 Å². The van der Waals surface area contributed by atoms with E-state index in [0.717, 1.165) is 38.9 Å². The third kappa shape index (κ3) is 3.96. The lowest BCUT2D eigenvalue weighted by Crippen LogP contribution is -2.54. The van der Waals surface area contributed by atoms with E-state index in [1.165, 1.54) is 19.3 Å². The second kappa shape index (κ2) is 7.07. The number of carbonyl (C=O) groups excluding carboxylic acids is 1. The first-order valence-corrected chi connectivity index (χ1v) is 8.46. The molecule has 5 heteroatoms. The second-order valence-corrected chi connectivity index (χ2v) is 6.90. The molecule has 3 N–H and O–H groups in total. The Morgan fingerprint density at radius 1 is 1.14 bits per heavy atom. The monoisotopic (exact) mass is 296 g/mol. The molecular formula is C16H28N2O3. The van der Waals surface area contributed by atoms with Crippen molar-refractivity contribution in [3.8, 4) is 0 Å². The highest BCUT2D eigenvalue weighted by Crippen LogP contribution is 2.39. The number of rotatable bonds is 4. The predicted octanol–water partition coefficient (Wildman–Crippen LogP) is 1.20. The molecule has 2 saturated carbocycles. The molecule has 1 amide bonds. The third-order valence-corrected chi connectivity index (χ3v) is 5.32. The van der Waals surface area contributed by atoms with Crippen LogP contribution in [0.3, 0.4) is 0 Å². The fraction of sp³-hybridized carbons (Fsp3) is 0.938. The van der Waals surface area contributed by atoms with Crippen LogP contribution in [-0.2, 0) is 14.3 Å². The van der Waals surface area contributed by atoms with Gasteiger partial charge in [-0.25, -0.2) is 0 Å². The van der Waals surface area contributed by atoms with E-state index in [2.05, 4.69) is 5.32 Å². The summed E-state index contributed by atoms with van der Waals surface area (Å²) < 4.78 is 11.0. The molecule has 1 aliphatic heterocycles. The van der Waals surface area contributed by atoms with E-state index < -0.39 is 0 Å². The number of hydrogen-bond acceptors (Lipinski definition) is 4. The van der Waals surface area contributed by atoms with E-state index in [0.29, 0.717) is 23.9 Å². The number of ether oxygens (including phenoxy) is 2. The van der Waals surface area contributed by atoms with Crippen molar-refractivity contribution in [2.24, 2.45) is 17.6 Å². The molecule has 120 valence electrons. The number of fused-ring (bicyclic) bond motifs is 2. The molecule has 2 bridgehead atoms. The van der Waals surface area contributed by atoms with Gasteiger partial charge in [0.25, 0.3) is 0 Å². The maximum Gasteiger partial charge on any atom is 0.246 e. The summed E-state index contributed by atoms with van der Waals surface area (Å²) in [5, 5.41) is 3.23. The Bertz CT molecular complexity index is 343. The first kappa shape index (κ1) is 15.3. The molecule has 5 nitrogen and oxygen atoms in total. The van der Waals surface area contributed by atoms with Gasteiger partial charge >= 0.3 is 0 Å². The van der Waals surface area contributed by atoms with Gasteiger partial charge in [0.1, 0.15) is 6.61 Å². The number of carbonyl (C=O) groups is 1. The van der Waals surface area contributed by atoms with Crippen molar-refractivity contribution in [2.45, 2.75) is 63.1 Å². The summed E-state index contributed by atoms with van der Waals surface area (Å²) in [5.74, 6) is 1.18. The van der Waals surface area contributed by atoms with Crippen LogP contribution in [-0.4, -0.2) is 43.9 Å². The van der Waals surface area contributed by atoms with Crippen molar-refractivity contribution >= 4 is 5.91 Å². The minimum absolute atomic E-state index is 0.0406. The lowest BCUT2D eigenvalue weighted by atomic mass is 9.67. The number of nitrogens with two attached hydrogens (primary N) is 1. The van der Waals surface area contributed by atoms with E-state index in [1.54, 1.807) is 0 Å². The zero-order valence-corrected chi connectivity index (χ0v) is 12.8. The molecule has 3 aliphatic rings. The summed E-state index contributed by atoms with van der Waals surface area (Å²) in [6.07, 6.45) is 7.79. The molecule has 3 fully saturated rings. The molecule has 1 heterocycles. The zero-order chi connectivity index (χ0) is 14.7. The fourth-order valence-corrected chi connectivity index (χ4v) is 4.29. The highest BCUT2D eigenvalue weighted by molar-refractivity contribution is 5.77. The molecule has 0 aromatic heterocycles. The van der Waals surface area contributed by atoms with E-state index in [1.807, 2.05) is 0 Å². The van der Waals surface area contributed by atoms with Gasteiger partial charge in [-0.3, -0.25) is 4.79 Å². The van der Waals surface area contributed by atoms with Gasteiger partial charge in [-0.1, -0.05) is 6.42 Å². The molecule has 2 atom stereocenters. The van der Waals surface area contributed by atoms with Crippen molar-refractivity contribution in [3.05, 3.63) is 0 Å². The van der Waals surface area contributed by atoms with Gasteiger partial charge in [0.15, 0.2) is 0 Å². The molecular weight excluding hydrogens is 268 g/mol. The Morgan fingerprint density at radius 2 is 1.81 bits per heavy atom. The Labute approximate surface area is 126 Å². The lowest BCUT2D eigenvalue weighted by Gasteiger charge is -2.45. The molecule has 0 aromatic carbocycles. The minimum Gasteiger partial charge on any atom is -0.381 e. The van der Waals surface area contributed by atoms with Gasteiger partial charge in [0.2, 0.25) is 5.91 Å². The normalized spacial score (nSPS) is 37.2. The average Bonchev–Trinajstić information content (AvgIpc) is 2.47. The van der Waals surface area contributed by atoms with Crippen LogP contribution >= 0.6 is 0 Å². The molecule has 2 aliphatic carbocycles. The van der Waals surface area contributed by atoms with Crippen LogP contribution in [0.4, 0.5) is 0 Å². The van der Waals surface area contributed by atoms with Crippen molar-refractivity contribution < 1.29 is 14.3 Å². The van der Waals surface area contributed by atoms with Crippen LogP contribution in [0.15, 0.2) is 0 Å². The maximum absolute atomic E-state index is 12.2. The fourth-order valence-electron chi connectivity index (χ4n) is 4.29. The third-order valence-electron chi connectivity index (χ3n) is 5.32. The van der Waals surface area contributed by atoms with Crippen LogP contribution in [0.5, 0.6) is 0 Å². The molecule has 3 rings (SSSR count). The van der Waals surface area contributed by atoms with Crippen molar-refractivity contribution in [2.75, 3.05) is 19.8 Å². The molecule has 21 heavy (non-hydrogen) atoms. The SMILES string of the molecule is NC1CC2CCCC(C1)C2NC(=O)COC1CCOCC1. The number of amides is 1. The first-order valence-electron chi connectivity index (χ1n) is 8.46. The second-order valence-electron chi connectivity index (χ2n) is 6.90. The molecule has 0 radical (unpaired) electrons. The van der Waals surface area contributed by atoms with Crippen molar-refractivity contribution in [1.29, 1.82) is 0 Å². The lowest BCUT2D eigenvalue weighted by molar-refractivity contribution is -0.132. The molecule has 0 aromatic rings. The van der Waals surface area contributed by atoms with Crippen LogP contribution in [0.2, 0.25) is 0 Å². The van der Waals surface area contributed by atoms with E-state index in [4.69, 9.17) is 15.2 Å². The molecule has 1 saturated heterocycles. The summed E-state index contributed by atoms with van der Waals surface area (Å²) in [6, 6.07) is 0.649. The Morgan fingerprint density at radius 3 is 2.48 bits per heavy atom. The predicted molar refractivity (Wildman–Crippen MR) is 79.8 cm³/mol. The summed E-state index contributed by atoms with van der Waals surface area (Å²) in [6.45, 7) is 1.68. The zero-order valence-electron chi connectivity index (χ0n) is 12.8. The van der Waals surface area contributed by atoms with Crippen LogP contribution in [0.25, 0.3) is 0 Å². The van der Waals surface area contributed by atoms with Gasteiger partial charge in [0.05, 0.1) is 6.10 Å². The maximum atomic E-state index is 12.2. The standard InChI is InChI=1S/C16H28N2O3/c17-13-8-11-2-1-3-12(9-13)16(11)18-15(19)10-21-14-4-6-20-7-5-14/h11-14,16H,1-10,17H2,(H,18,19). The molecule has 2 unspecified atom stereocenters.